The van der Waals surface area contributed by atoms with Crippen LogP contribution in [0.5, 0.6) is 5.75 Å². The molecule has 3 rings (SSSR count). The van der Waals surface area contributed by atoms with E-state index in [-0.39, 0.29) is 51.2 Å². The van der Waals surface area contributed by atoms with Gasteiger partial charge in [0, 0.05) is 34.0 Å². The summed E-state index contributed by atoms with van der Waals surface area (Å²) in [5, 5.41) is 20.1. The summed E-state index contributed by atoms with van der Waals surface area (Å²) < 4.78 is 59.1. The number of pyridine rings is 1. The number of aromatic nitrogens is 1. The van der Waals surface area contributed by atoms with Crippen molar-refractivity contribution in [3.05, 3.63) is 92.8 Å². The average molecular weight is 595 g/mol. The third-order valence-corrected chi connectivity index (χ3v) is 6.16. The number of halogens is 5. The first-order valence-electron chi connectivity index (χ1n) is 11.7. The normalized spacial score (nSPS) is 12.5. The lowest BCUT2D eigenvalue weighted by molar-refractivity contribution is -0.120. The van der Waals surface area contributed by atoms with Gasteiger partial charge in [0.1, 0.15) is 17.6 Å². The number of carbonyl (C=O) groups is 2. The van der Waals surface area contributed by atoms with Crippen molar-refractivity contribution >= 4 is 34.8 Å². The number of ether oxygens (including phenoxy) is 1. The molecule has 0 fully saturated rings. The number of primary amides is 1. The van der Waals surface area contributed by atoms with Crippen molar-refractivity contribution in [3.8, 4) is 16.9 Å². The number of carbonyl (C=O) groups excluding carboxylic acids is 2. The first-order chi connectivity index (χ1) is 19.2. The van der Waals surface area contributed by atoms with Crippen molar-refractivity contribution < 1.29 is 37.0 Å². The van der Waals surface area contributed by atoms with Gasteiger partial charge >= 0.3 is 6.18 Å². The third kappa shape index (κ3) is 6.92. The topological polar surface area (TPSA) is 148 Å². The smallest absolute Gasteiger partial charge is 0.448 e. The zero-order valence-electron chi connectivity index (χ0n) is 21.5. The van der Waals surface area contributed by atoms with E-state index in [1.165, 1.54) is 37.6 Å². The Balaban J connectivity index is 2.05. The molecule has 41 heavy (non-hydrogen) atoms. The number of methoxy groups -OCH3 is 1. The molecule has 9 nitrogen and oxygen atoms in total. The van der Waals surface area contributed by atoms with Crippen molar-refractivity contribution in [1.82, 2.24) is 4.57 Å². The van der Waals surface area contributed by atoms with E-state index in [1.54, 1.807) is 6.92 Å². The number of alkyl halides is 3. The highest BCUT2D eigenvalue weighted by molar-refractivity contribution is 6.31. The van der Waals surface area contributed by atoms with Crippen molar-refractivity contribution in [2.75, 3.05) is 12.4 Å². The Bertz CT molecular complexity index is 1620. The number of nitrogens with two attached hydrogens (primary N) is 1. The molecule has 0 aliphatic heterocycles. The van der Waals surface area contributed by atoms with E-state index in [0.717, 1.165) is 22.8 Å². The van der Waals surface area contributed by atoms with Gasteiger partial charge in [-0.25, -0.2) is 4.39 Å². The molecule has 0 bridgehead atoms. The predicted molar refractivity (Wildman–Crippen MR) is 144 cm³/mol. The Morgan fingerprint density at radius 1 is 1.17 bits per heavy atom. The number of rotatable bonds is 9. The fraction of sp³-hybridized carbons (Fsp3) is 0.185. The number of nitrogens with zero attached hydrogens (tertiary/aromatic N) is 1. The number of aliphatic hydroxyl groups excluding tert-OH is 1. The average Bonchev–Trinajstić information content (AvgIpc) is 2.88. The molecule has 2 amide bonds. The van der Waals surface area contributed by atoms with E-state index >= 15 is 0 Å². The summed E-state index contributed by atoms with van der Waals surface area (Å²) >= 11 is 6.10. The number of nitrogens with one attached hydrogen (secondary N) is 2. The zero-order chi connectivity index (χ0) is 30.6. The van der Waals surface area contributed by atoms with Gasteiger partial charge in [-0.1, -0.05) is 24.6 Å². The SMILES string of the molecule is CCC(C(=O)Nc1ccc(C(N)=O)c(F)c1)n1cc(OC)c(-c2cc(Cl)ccc2C(=N)/C=C(\O)C(F)(F)F)cc1=O. The fourth-order valence-electron chi connectivity index (χ4n) is 3.94. The number of amides is 2. The maximum atomic E-state index is 14.2. The second-order valence-corrected chi connectivity index (χ2v) is 9.04. The standard InChI is InChI=1S/C27H23ClF4N4O5/c1-3-21(26(40)35-14-5-7-16(25(34)39)19(29)9-14)36-12-22(41-2)18(10-24(36)38)17-8-13(28)4-6-15(17)20(33)11-23(37)27(30,31)32/h4-12,21,33,37H,3H2,1-2H3,(H2,34,39)(H,35,40)/b23-11-,33-20?. The molecule has 0 aliphatic carbocycles. The van der Waals surface area contributed by atoms with Gasteiger partial charge in [-0.3, -0.25) is 19.0 Å². The van der Waals surface area contributed by atoms with Crippen LogP contribution in [0.4, 0.5) is 23.2 Å². The van der Waals surface area contributed by atoms with Crippen LogP contribution in [0, 0.1) is 11.2 Å². The van der Waals surface area contributed by atoms with Crippen molar-refractivity contribution in [2.45, 2.75) is 25.6 Å². The summed E-state index contributed by atoms with van der Waals surface area (Å²) in [6, 6.07) is 7.08. The molecule has 1 aromatic heterocycles. The number of allylic oxidation sites excluding steroid dienone is 2. The molecule has 1 heterocycles. The first-order valence-corrected chi connectivity index (χ1v) is 12.1. The van der Waals surface area contributed by atoms with Gasteiger partial charge < -0.3 is 26.3 Å². The minimum absolute atomic E-state index is 0.00447. The fourth-order valence-corrected chi connectivity index (χ4v) is 4.11. The molecule has 1 unspecified atom stereocenters. The molecule has 0 aliphatic rings. The van der Waals surface area contributed by atoms with E-state index < -0.39 is 46.9 Å². The number of anilines is 1. The van der Waals surface area contributed by atoms with E-state index in [0.29, 0.717) is 0 Å². The van der Waals surface area contributed by atoms with Crippen LogP contribution in [-0.2, 0) is 4.79 Å². The first kappa shape index (κ1) is 30.9. The van der Waals surface area contributed by atoms with Gasteiger partial charge in [-0.15, -0.1) is 0 Å². The quantitative estimate of drug-likeness (QED) is 0.149. The highest BCUT2D eigenvalue weighted by Crippen LogP contribution is 2.35. The van der Waals surface area contributed by atoms with Crippen LogP contribution in [0.1, 0.15) is 35.3 Å². The van der Waals surface area contributed by atoms with Crippen LogP contribution >= 0.6 is 11.6 Å². The number of aliphatic hydroxyl groups is 1. The Labute approximate surface area is 235 Å². The molecule has 1 atom stereocenters. The molecule has 0 spiro atoms. The van der Waals surface area contributed by atoms with Crippen LogP contribution in [0.3, 0.4) is 0 Å². The lowest BCUT2D eigenvalue weighted by Crippen LogP contribution is -2.32. The molecule has 3 aromatic rings. The van der Waals surface area contributed by atoms with Gasteiger partial charge in [0.05, 0.1) is 24.6 Å². The third-order valence-electron chi connectivity index (χ3n) is 5.92. The molecule has 216 valence electrons. The van der Waals surface area contributed by atoms with E-state index in [4.69, 9.17) is 27.5 Å². The Morgan fingerprint density at radius 3 is 2.39 bits per heavy atom. The minimum atomic E-state index is -5.08. The summed E-state index contributed by atoms with van der Waals surface area (Å²) in [5.41, 5.74) is 3.28. The van der Waals surface area contributed by atoms with Gasteiger partial charge in [0.2, 0.25) is 5.91 Å². The van der Waals surface area contributed by atoms with Crippen LogP contribution in [-0.4, -0.2) is 40.5 Å². The van der Waals surface area contributed by atoms with Crippen molar-refractivity contribution in [2.24, 2.45) is 5.73 Å². The lowest BCUT2D eigenvalue weighted by atomic mass is 9.96. The lowest BCUT2D eigenvalue weighted by Gasteiger charge is -2.21. The summed E-state index contributed by atoms with van der Waals surface area (Å²) in [4.78, 5) is 37.5. The highest BCUT2D eigenvalue weighted by atomic mass is 35.5. The zero-order valence-corrected chi connectivity index (χ0v) is 22.2. The molecule has 0 saturated carbocycles. The molecule has 5 N–H and O–H groups in total. The molecular weight excluding hydrogens is 572 g/mol. The van der Waals surface area contributed by atoms with E-state index in [2.05, 4.69) is 5.32 Å². The van der Waals surface area contributed by atoms with Crippen LogP contribution < -0.4 is 21.3 Å². The largest absolute Gasteiger partial charge is 0.504 e. The van der Waals surface area contributed by atoms with Crippen molar-refractivity contribution in [1.29, 1.82) is 5.41 Å². The molecular formula is C27H23ClF4N4O5. The van der Waals surface area contributed by atoms with Gasteiger partial charge in [-0.2, -0.15) is 13.2 Å². The maximum Gasteiger partial charge on any atom is 0.448 e. The Hall–Kier alpha value is -4.65. The summed E-state index contributed by atoms with van der Waals surface area (Å²) in [7, 11) is 1.25. The van der Waals surface area contributed by atoms with Gasteiger partial charge in [0.15, 0.2) is 5.76 Å². The van der Waals surface area contributed by atoms with Crippen LogP contribution in [0.25, 0.3) is 11.1 Å². The second kappa shape index (κ2) is 12.3. The Morgan fingerprint density at radius 2 is 1.83 bits per heavy atom. The van der Waals surface area contributed by atoms with Crippen molar-refractivity contribution in [3.63, 3.8) is 0 Å². The van der Waals surface area contributed by atoms with Gasteiger partial charge in [0.25, 0.3) is 11.5 Å². The monoisotopic (exact) mass is 594 g/mol. The minimum Gasteiger partial charge on any atom is -0.504 e. The molecule has 0 radical (unpaired) electrons. The summed E-state index contributed by atoms with van der Waals surface area (Å²) in [6.45, 7) is 1.61. The summed E-state index contributed by atoms with van der Waals surface area (Å²) in [5.74, 6) is -4.63. The second-order valence-electron chi connectivity index (χ2n) is 8.60. The molecule has 2 aromatic carbocycles. The molecule has 14 heteroatoms. The number of hydrogen-bond acceptors (Lipinski definition) is 6. The number of benzene rings is 2. The van der Waals surface area contributed by atoms with Crippen LogP contribution in [0.2, 0.25) is 5.02 Å². The predicted octanol–water partition coefficient (Wildman–Crippen LogP) is 5.38. The van der Waals surface area contributed by atoms with Gasteiger partial charge in [-0.05, 0) is 42.3 Å². The Kier molecular flexibility index (Phi) is 9.23. The van der Waals surface area contributed by atoms with E-state index in [1.807, 2.05) is 0 Å². The maximum absolute atomic E-state index is 14.2. The van der Waals surface area contributed by atoms with E-state index in [9.17, 15) is 37.1 Å². The highest BCUT2D eigenvalue weighted by Gasteiger charge is 2.34. The molecule has 0 saturated heterocycles. The van der Waals surface area contributed by atoms with Crippen LogP contribution in [0.15, 0.2) is 65.3 Å². The summed E-state index contributed by atoms with van der Waals surface area (Å²) in [6.07, 6.45) is -3.55. The number of hydrogen-bond donors (Lipinski definition) is 4.